The first-order valence-corrected chi connectivity index (χ1v) is 6.41. The third kappa shape index (κ3) is 1.24. The maximum atomic E-state index is 6.28. The lowest BCUT2D eigenvalue weighted by molar-refractivity contribution is 0.141. The van der Waals surface area contributed by atoms with Crippen LogP contribution in [0.2, 0.25) is 0 Å². The molecule has 3 fully saturated rings. The van der Waals surface area contributed by atoms with Crippen LogP contribution >= 0.6 is 0 Å². The van der Waals surface area contributed by atoms with Crippen LogP contribution in [0.15, 0.2) is 0 Å². The van der Waals surface area contributed by atoms with Crippen molar-refractivity contribution in [3.63, 3.8) is 0 Å². The number of nitrogens with two attached hydrogens (primary N) is 1. The first kappa shape index (κ1) is 9.17. The molecule has 0 bridgehead atoms. The van der Waals surface area contributed by atoms with Crippen LogP contribution < -0.4 is 5.84 Å². The Labute approximate surface area is 86.8 Å². The SMILES string of the molecule is NN1C2CCCCC2C2CCCCC21. The molecule has 1 saturated heterocycles. The van der Waals surface area contributed by atoms with Gasteiger partial charge in [0.05, 0.1) is 0 Å². The van der Waals surface area contributed by atoms with Gasteiger partial charge in [-0.15, -0.1) is 0 Å². The minimum absolute atomic E-state index is 0.747. The summed E-state index contributed by atoms with van der Waals surface area (Å²) in [6.45, 7) is 0. The molecule has 0 aromatic heterocycles. The van der Waals surface area contributed by atoms with E-state index in [1.165, 1.54) is 51.4 Å². The highest BCUT2D eigenvalue weighted by molar-refractivity contribution is 5.00. The minimum atomic E-state index is 0.747. The normalized spacial score (nSPS) is 48.6. The molecule has 3 aliphatic rings. The zero-order valence-corrected chi connectivity index (χ0v) is 8.99. The molecule has 0 spiro atoms. The van der Waals surface area contributed by atoms with Crippen LogP contribution in [0.3, 0.4) is 0 Å². The van der Waals surface area contributed by atoms with E-state index in [1.807, 2.05) is 0 Å². The Morgan fingerprint density at radius 3 is 1.64 bits per heavy atom. The fourth-order valence-electron chi connectivity index (χ4n) is 4.27. The van der Waals surface area contributed by atoms with E-state index in [9.17, 15) is 0 Å². The molecule has 3 rings (SSSR count). The Morgan fingerprint density at radius 2 is 1.14 bits per heavy atom. The predicted octanol–water partition coefficient (Wildman–Crippen LogP) is 2.29. The van der Waals surface area contributed by atoms with Crippen LogP contribution in [0.25, 0.3) is 0 Å². The fraction of sp³-hybridized carbons (Fsp3) is 1.00. The van der Waals surface area contributed by atoms with Crippen molar-refractivity contribution in [1.29, 1.82) is 0 Å². The van der Waals surface area contributed by atoms with Crippen molar-refractivity contribution >= 4 is 0 Å². The average Bonchev–Trinajstić information content (AvgIpc) is 2.55. The number of nitrogens with zero attached hydrogens (tertiary/aromatic N) is 1. The van der Waals surface area contributed by atoms with E-state index in [-0.39, 0.29) is 0 Å². The van der Waals surface area contributed by atoms with Crippen molar-refractivity contribution in [2.24, 2.45) is 17.7 Å². The molecule has 0 aromatic rings. The summed E-state index contributed by atoms with van der Waals surface area (Å²) < 4.78 is 0. The van der Waals surface area contributed by atoms with E-state index < -0.39 is 0 Å². The second-order valence-corrected chi connectivity index (χ2v) is 5.48. The van der Waals surface area contributed by atoms with E-state index >= 15 is 0 Å². The second kappa shape index (κ2) is 3.49. The lowest BCUT2D eigenvalue weighted by atomic mass is 9.73. The van der Waals surface area contributed by atoms with Crippen LogP contribution in [0.1, 0.15) is 51.4 Å². The standard InChI is InChI=1S/C12H22N2/c13-14-11-7-3-1-5-9(11)10-6-2-4-8-12(10)14/h9-12H,1-8,13H2. The molecule has 0 aromatic carbocycles. The van der Waals surface area contributed by atoms with E-state index in [1.54, 1.807) is 0 Å². The largest absolute Gasteiger partial charge is 0.268 e. The molecule has 2 heteroatoms. The third-order valence-corrected chi connectivity index (χ3v) is 4.88. The van der Waals surface area contributed by atoms with E-state index in [0.29, 0.717) is 0 Å². The molecule has 2 aliphatic carbocycles. The molecular formula is C12H22N2. The summed E-state index contributed by atoms with van der Waals surface area (Å²) in [7, 11) is 0. The molecule has 4 unspecified atom stereocenters. The molecule has 0 amide bonds. The molecule has 80 valence electrons. The van der Waals surface area contributed by atoms with Gasteiger partial charge in [-0.1, -0.05) is 25.7 Å². The third-order valence-electron chi connectivity index (χ3n) is 4.88. The molecule has 0 radical (unpaired) electrons. The van der Waals surface area contributed by atoms with Gasteiger partial charge in [0.25, 0.3) is 0 Å². The Bertz CT molecular complexity index is 194. The maximum absolute atomic E-state index is 6.28. The van der Waals surface area contributed by atoms with Gasteiger partial charge in [0, 0.05) is 12.1 Å². The molecule has 1 aliphatic heterocycles. The van der Waals surface area contributed by atoms with Crippen LogP contribution in [-0.2, 0) is 0 Å². The Balaban J connectivity index is 1.83. The van der Waals surface area contributed by atoms with Gasteiger partial charge in [-0.3, -0.25) is 5.84 Å². The number of hydrogen-bond acceptors (Lipinski definition) is 2. The monoisotopic (exact) mass is 194 g/mol. The Hall–Kier alpha value is -0.0800. The van der Waals surface area contributed by atoms with E-state index in [2.05, 4.69) is 5.01 Å². The van der Waals surface area contributed by atoms with E-state index in [4.69, 9.17) is 5.84 Å². The van der Waals surface area contributed by atoms with Gasteiger partial charge < -0.3 is 0 Å². The predicted molar refractivity (Wildman–Crippen MR) is 57.5 cm³/mol. The van der Waals surface area contributed by atoms with Gasteiger partial charge in [0.1, 0.15) is 0 Å². The van der Waals surface area contributed by atoms with Gasteiger partial charge >= 0.3 is 0 Å². The fourth-order valence-corrected chi connectivity index (χ4v) is 4.27. The summed E-state index contributed by atoms with van der Waals surface area (Å²) in [5.74, 6) is 8.19. The molecule has 2 saturated carbocycles. The first-order chi connectivity index (χ1) is 6.88. The molecule has 14 heavy (non-hydrogen) atoms. The van der Waals surface area contributed by atoms with Gasteiger partial charge in [0.15, 0.2) is 0 Å². The van der Waals surface area contributed by atoms with Crippen molar-refractivity contribution in [3.05, 3.63) is 0 Å². The quantitative estimate of drug-likeness (QED) is 0.599. The number of hydrogen-bond donors (Lipinski definition) is 1. The van der Waals surface area contributed by atoms with Gasteiger partial charge in [-0.2, -0.15) is 0 Å². The van der Waals surface area contributed by atoms with Crippen molar-refractivity contribution in [2.75, 3.05) is 0 Å². The van der Waals surface area contributed by atoms with Gasteiger partial charge in [-0.25, -0.2) is 5.01 Å². The zero-order chi connectivity index (χ0) is 9.54. The number of hydrazine groups is 1. The van der Waals surface area contributed by atoms with E-state index in [0.717, 1.165) is 23.9 Å². The lowest BCUT2D eigenvalue weighted by Gasteiger charge is -2.30. The van der Waals surface area contributed by atoms with Gasteiger partial charge in [0.2, 0.25) is 0 Å². The summed E-state index contributed by atoms with van der Waals surface area (Å²) >= 11 is 0. The summed E-state index contributed by atoms with van der Waals surface area (Å²) in [4.78, 5) is 0. The molecule has 4 atom stereocenters. The van der Waals surface area contributed by atoms with Crippen molar-refractivity contribution in [3.8, 4) is 0 Å². The minimum Gasteiger partial charge on any atom is -0.268 e. The Morgan fingerprint density at radius 1 is 0.714 bits per heavy atom. The van der Waals surface area contributed by atoms with Crippen LogP contribution in [0.4, 0.5) is 0 Å². The second-order valence-electron chi connectivity index (χ2n) is 5.48. The van der Waals surface area contributed by atoms with Crippen LogP contribution in [-0.4, -0.2) is 17.1 Å². The summed E-state index contributed by atoms with van der Waals surface area (Å²) in [6, 6.07) is 1.49. The lowest BCUT2D eigenvalue weighted by Crippen LogP contribution is -2.44. The Kier molecular flexibility index (Phi) is 2.29. The first-order valence-electron chi connectivity index (χ1n) is 6.41. The van der Waals surface area contributed by atoms with Crippen molar-refractivity contribution in [2.45, 2.75) is 63.5 Å². The van der Waals surface area contributed by atoms with Crippen molar-refractivity contribution in [1.82, 2.24) is 5.01 Å². The highest BCUT2D eigenvalue weighted by Gasteiger charge is 2.48. The summed E-state index contributed by atoms with van der Waals surface area (Å²) in [5.41, 5.74) is 0. The molecule has 2 N–H and O–H groups in total. The average molecular weight is 194 g/mol. The molecule has 2 nitrogen and oxygen atoms in total. The van der Waals surface area contributed by atoms with Crippen LogP contribution in [0.5, 0.6) is 0 Å². The van der Waals surface area contributed by atoms with Crippen LogP contribution in [0, 0.1) is 11.8 Å². The summed E-state index contributed by atoms with van der Waals surface area (Å²) in [5, 5.41) is 2.26. The van der Waals surface area contributed by atoms with Gasteiger partial charge in [-0.05, 0) is 37.5 Å². The smallest absolute Gasteiger partial charge is 0.0275 e. The number of rotatable bonds is 0. The topological polar surface area (TPSA) is 29.3 Å². The zero-order valence-electron chi connectivity index (χ0n) is 8.99. The molecule has 1 heterocycles. The molecular weight excluding hydrogens is 172 g/mol. The highest BCUT2D eigenvalue weighted by atomic mass is 15.5. The maximum Gasteiger partial charge on any atom is 0.0275 e. The van der Waals surface area contributed by atoms with Crippen molar-refractivity contribution < 1.29 is 0 Å². The highest BCUT2D eigenvalue weighted by Crippen LogP contribution is 2.47. The summed E-state index contributed by atoms with van der Waals surface area (Å²) in [6.07, 6.45) is 11.4. The number of fused-ring (bicyclic) bond motifs is 3.